The van der Waals surface area contributed by atoms with Gasteiger partial charge in [-0.2, -0.15) is 26.7 Å². The molecule has 276 valence electrons. The van der Waals surface area contributed by atoms with Crippen LogP contribution in [0.25, 0.3) is 17.0 Å². The molecule has 3 aromatic rings. The topological polar surface area (TPSA) is 163 Å². The molecule has 0 bridgehead atoms. The van der Waals surface area contributed by atoms with Gasteiger partial charge >= 0.3 is 6.03 Å². The molecular weight excluding hydrogens is 697 g/mol. The van der Waals surface area contributed by atoms with E-state index in [2.05, 4.69) is 35.7 Å². The first kappa shape index (κ1) is 34.7. The Bertz CT molecular complexity index is 1860. The van der Waals surface area contributed by atoms with Crippen LogP contribution in [-0.2, 0) is 14.3 Å². The number of nitrogens with zero attached hydrogens (tertiary/aromatic N) is 8. The number of benzene rings is 1. The summed E-state index contributed by atoms with van der Waals surface area (Å²) in [5.74, 6) is 0.728. The van der Waals surface area contributed by atoms with Crippen LogP contribution in [0.15, 0.2) is 36.4 Å². The fourth-order valence-corrected chi connectivity index (χ4v) is 9.40. The van der Waals surface area contributed by atoms with E-state index in [0.29, 0.717) is 80.5 Å². The van der Waals surface area contributed by atoms with E-state index in [0.717, 1.165) is 31.7 Å². The lowest BCUT2D eigenvalue weighted by Crippen LogP contribution is -2.72. The zero-order valence-electron chi connectivity index (χ0n) is 28.5. The number of aromatic nitrogens is 5. The number of ether oxygens (including phenoxy) is 1. The third kappa shape index (κ3) is 7.15. The number of thioether (sulfide) groups is 1. The average molecular weight is 738 g/mol. The second kappa shape index (κ2) is 14.5. The fourth-order valence-electron chi connectivity index (χ4n) is 7.85. The Morgan fingerprint density at radius 1 is 1.00 bits per heavy atom. The van der Waals surface area contributed by atoms with Crippen molar-refractivity contribution in [3.8, 4) is 5.95 Å². The standard InChI is InChI=1S/C34H41F2N11O4S/c35-28(36)29-37-21-6-1-2-7-23(21)47(29)32-42-30(45-12-14-51-15-13-45)41-31(43-32)46-19-34(20-46)17-44(18-34)11-5-10-26(49)39-25(48)9-4-3-8-24-27-22(16-52-24)38-33(50)40-27/h1-2,5-7,10,22,24,27-28H,3-4,8-9,11-20H2,(H2,38,40,50)(H,39,48,49)/b10-5+/t22-,24-,27-/m0/s1. The van der Waals surface area contributed by atoms with Crippen molar-refractivity contribution in [1.29, 1.82) is 0 Å². The van der Waals surface area contributed by atoms with Gasteiger partial charge in [0, 0.05) is 74.7 Å². The molecular formula is C34H41F2N11O4S. The quantitative estimate of drug-likeness (QED) is 0.141. The molecule has 5 fully saturated rings. The summed E-state index contributed by atoms with van der Waals surface area (Å²) in [6, 6.07) is 7.19. The van der Waals surface area contributed by atoms with Crippen LogP contribution < -0.4 is 25.8 Å². The normalized spacial score (nSPS) is 23.9. The zero-order valence-corrected chi connectivity index (χ0v) is 29.4. The van der Waals surface area contributed by atoms with Gasteiger partial charge in [-0.3, -0.25) is 24.4 Å². The minimum atomic E-state index is -2.82. The number of carbonyl (C=O) groups excluding carboxylic acids is 3. The number of imidazole rings is 1. The number of urea groups is 1. The highest BCUT2D eigenvalue weighted by Crippen LogP contribution is 2.41. The lowest BCUT2D eigenvalue weighted by Gasteiger charge is -2.60. The monoisotopic (exact) mass is 737 g/mol. The summed E-state index contributed by atoms with van der Waals surface area (Å²) >= 11 is 1.85. The van der Waals surface area contributed by atoms with Crippen LogP contribution in [0.4, 0.5) is 25.5 Å². The number of rotatable bonds is 12. The molecule has 52 heavy (non-hydrogen) atoms. The van der Waals surface area contributed by atoms with Crippen molar-refractivity contribution in [3.05, 3.63) is 42.2 Å². The van der Waals surface area contributed by atoms with Crippen molar-refractivity contribution in [2.75, 3.05) is 74.6 Å². The molecule has 1 spiro atoms. The van der Waals surface area contributed by atoms with Gasteiger partial charge in [-0.15, -0.1) is 0 Å². The molecule has 0 radical (unpaired) electrons. The average Bonchev–Trinajstić information content (AvgIpc) is 3.79. The number of para-hydroxylation sites is 2. The van der Waals surface area contributed by atoms with Gasteiger partial charge in [0.2, 0.25) is 29.7 Å². The molecule has 18 heteroatoms. The molecule has 1 aromatic carbocycles. The number of amides is 4. The molecule has 8 rings (SSSR count). The highest BCUT2D eigenvalue weighted by molar-refractivity contribution is 8.00. The first-order valence-corrected chi connectivity index (χ1v) is 18.8. The Morgan fingerprint density at radius 2 is 1.75 bits per heavy atom. The number of hydrogen-bond acceptors (Lipinski definition) is 12. The predicted molar refractivity (Wildman–Crippen MR) is 190 cm³/mol. The smallest absolute Gasteiger partial charge is 0.315 e. The van der Waals surface area contributed by atoms with Crippen molar-refractivity contribution < 1.29 is 27.9 Å². The zero-order chi connectivity index (χ0) is 35.8. The molecule has 5 aliphatic rings. The number of halogens is 2. The summed E-state index contributed by atoms with van der Waals surface area (Å²) in [6.45, 7) is 5.83. The van der Waals surface area contributed by atoms with Gasteiger partial charge in [0.15, 0.2) is 5.82 Å². The molecule has 2 aromatic heterocycles. The molecule has 3 N–H and O–H groups in total. The summed E-state index contributed by atoms with van der Waals surface area (Å²) in [5, 5.41) is 8.71. The Hall–Kier alpha value is -4.42. The highest BCUT2D eigenvalue weighted by atomic mass is 32.2. The van der Waals surface area contributed by atoms with E-state index in [1.807, 2.05) is 16.7 Å². The minimum absolute atomic E-state index is 0.0472. The number of alkyl halides is 2. The molecule has 0 saturated carbocycles. The lowest BCUT2D eigenvalue weighted by atomic mass is 9.73. The molecule has 7 heterocycles. The van der Waals surface area contributed by atoms with Gasteiger partial charge in [-0.05, 0) is 25.0 Å². The predicted octanol–water partition coefficient (Wildman–Crippen LogP) is 2.03. The van der Waals surface area contributed by atoms with Gasteiger partial charge in [0.25, 0.3) is 6.43 Å². The lowest BCUT2D eigenvalue weighted by molar-refractivity contribution is -0.128. The Labute approximate surface area is 302 Å². The number of morpholine rings is 1. The number of unbranched alkanes of at least 4 members (excludes halogenated alkanes) is 1. The van der Waals surface area contributed by atoms with Crippen LogP contribution in [0.2, 0.25) is 0 Å². The van der Waals surface area contributed by atoms with E-state index in [1.54, 1.807) is 30.3 Å². The Kier molecular flexibility index (Phi) is 9.69. The number of fused-ring (bicyclic) bond motifs is 2. The number of carbonyl (C=O) groups is 3. The van der Waals surface area contributed by atoms with E-state index in [4.69, 9.17) is 14.7 Å². The summed E-state index contributed by atoms with van der Waals surface area (Å²) in [7, 11) is 0. The van der Waals surface area contributed by atoms with Gasteiger partial charge in [-0.1, -0.05) is 24.6 Å². The van der Waals surface area contributed by atoms with Crippen LogP contribution in [0, 0.1) is 5.41 Å². The van der Waals surface area contributed by atoms with Crippen molar-refractivity contribution in [1.82, 2.24) is 45.4 Å². The molecule has 5 saturated heterocycles. The summed E-state index contributed by atoms with van der Waals surface area (Å²) in [5.41, 5.74) is 0.980. The summed E-state index contributed by atoms with van der Waals surface area (Å²) in [4.78, 5) is 60.8. The molecule has 4 amide bonds. The second-order valence-corrected chi connectivity index (χ2v) is 15.4. The van der Waals surface area contributed by atoms with Crippen molar-refractivity contribution in [2.24, 2.45) is 5.41 Å². The van der Waals surface area contributed by atoms with Gasteiger partial charge in [0.1, 0.15) is 0 Å². The van der Waals surface area contributed by atoms with Crippen LogP contribution in [-0.4, -0.2) is 129 Å². The largest absolute Gasteiger partial charge is 0.378 e. The highest BCUT2D eigenvalue weighted by Gasteiger charge is 2.52. The second-order valence-electron chi connectivity index (χ2n) is 14.1. The molecule has 0 aliphatic carbocycles. The fraction of sp³-hybridized carbons (Fsp3) is 0.559. The van der Waals surface area contributed by atoms with E-state index in [9.17, 15) is 23.2 Å². The van der Waals surface area contributed by atoms with Crippen molar-refractivity contribution >= 4 is 52.5 Å². The molecule has 15 nitrogen and oxygen atoms in total. The number of anilines is 2. The van der Waals surface area contributed by atoms with E-state index >= 15 is 0 Å². The van der Waals surface area contributed by atoms with E-state index in [1.165, 1.54) is 10.6 Å². The van der Waals surface area contributed by atoms with Crippen LogP contribution >= 0.6 is 11.8 Å². The van der Waals surface area contributed by atoms with Gasteiger partial charge in [0.05, 0.1) is 36.3 Å². The van der Waals surface area contributed by atoms with Crippen LogP contribution in [0.1, 0.15) is 37.9 Å². The Morgan fingerprint density at radius 3 is 2.54 bits per heavy atom. The number of nitrogens with one attached hydrogen (secondary N) is 3. The number of likely N-dealkylation sites (tertiary alicyclic amines) is 1. The SMILES string of the molecule is O=C(/C=C/CN1CC2(C1)CN(c1nc(N3CCOCC3)nc(-n3c(C(F)F)nc4ccccc43)n1)C2)NC(=O)CCCC[C@@H]1SC[C@@H]2NC(=O)N[C@@H]21. The summed E-state index contributed by atoms with van der Waals surface area (Å²) in [6.07, 6.45) is 3.09. The maximum Gasteiger partial charge on any atom is 0.315 e. The van der Waals surface area contributed by atoms with Gasteiger partial charge < -0.3 is 25.2 Å². The maximum atomic E-state index is 14.2. The van der Waals surface area contributed by atoms with E-state index < -0.39 is 18.2 Å². The van der Waals surface area contributed by atoms with Crippen molar-refractivity contribution in [3.63, 3.8) is 0 Å². The summed E-state index contributed by atoms with van der Waals surface area (Å²) < 4.78 is 35.3. The molecule has 3 atom stereocenters. The third-order valence-electron chi connectivity index (χ3n) is 10.3. The first-order valence-electron chi connectivity index (χ1n) is 17.7. The first-order chi connectivity index (χ1) is 25.2. The van der Waals surface area contributed by atoms with Crippen LogP contribution in [0.5, 0.6) is 0 Å². The third-order valence-corrected chi connectivity index (χ3v) is 11.8. The van der Waals surface area contributed by atoms with Gasteiger partial charge in [-0.25, -0.2) is 18.6 Å². The number of hydrogen-bond donors (Lipinski definition) is 3. The van der Waals surface area contributed by atoms with Crippen LogP contribution in [0.3, 0.4) is 0 Å². The maximum absolute atomic E-state index is 14.2. The molecule has 0 unspecified atom stereocenters. The van der Waals surface area contributed by atoms with E-state index in [-0.39, 0.29) is 41.8 Å². The number of imide groups is 1. The van der Waals surface area contributed by atoms with Crippen molar-refractivity contribution in [2.45, 2.75) is 49.4 Å². The minimum Gasteiger partial charge on any atom is -0.378 e. The Balaban J connectivity index is 0.820. The molecule has 5 aliphatic heterocycles.